The van der Waals surface area contributed by atoms with Gasteiger partial charge in [0.2, 0.25) is 0 Å². The molecule has 1 unspecified atom stereocenters. The molecule has 7 heteroatoms. The molecule has 1 amide bonds. The van der Waals surface area contributed by atoms with Crippen molar-refractivity contribution in [3.8, 4) is 0 Å². The standard InChI is InChI=1S/C11H15FN4O2/c12-9-8(3-4-14-10(9)15-13)11(18)16-5-1-2-7(16)6-17/h3-4,7,17H,1-2,5-6,13H2,(H,14,15). The van der Waals surface area contributed by atoms with Gasteiger partial charge in [-0.2, -0.15) is 0 Å². The Hall–Kier alpha value is -1.73. The molecule has 2 rings (SSSR count). The van der Waals surface area contributed by atoms with Gasteiger partial charge >= 0.3 is 0 Å². The third-order valence-corrected chi connectivity index (χ3v) is 3.11. The topological polar surface area (TPSA) is 91.5 Å². The number of nitrogens with zero attached hydrogens (tertiary/aromatic N) is 2. The van der Waals surface area contributed by atoms with E-state index in [1.165, 1.54) is 17.2 Å². The molecule has 4 N–H and O–H groups in total. The minimum atomic E-state index is -0.770. The van der Waals surface area contributed by atoms with Crippen LogP contribution in [0.2, 0.25) is 0 Å². The Morgan fingerprint density at radius 2 is 2.50 bits per heavy atom. The fraction of sp³-hybridized carbons (Fsp3) is 0.455. The number of hydrogen-bond acceptors (Lipinski definition) is 5. The Morgan fingerprint density at radius 1 is 1.72 bits per heavy atom. The SMILES string of the molecule is NNc1nccc(C(=O)N2CCCC2CO)c1F. The number of carbonyl (C=O) groups is 1. The second kappa shape index (κ2) is 5.28. The summed E-state index contributed by atoms with van der Waals surface area (Å²) in [6.45, 7) is 0.414. The van der Waals surface area contributed by atoms with Gasteiger partial charge in [-0.15, -0.1) is 0 Å². The van der Waals surface area contributed by atoms with Gasteiger partial charge in [-0.25, -0.2) is 15.2 Å². The highest BCUT2D eigenvalue weighted by Crippen LogP contribution is 2.22. The number of hydrazine groups is 1. The summed E-state index contributed by atoms with van der Waals surface area (Å²) >= 11 is 0. The van der Waals surface area contributed by atoms with E-state index < -0.39 is 11.7 Å². The molecule has 0 saturated carbocycles. The average molecular weight is 254 g/mol. The van der Waals surface area contributed by atoms with Crippen molar-refractivity contribution in [2.75, 3.05) is 18.6 Å². The molecule has 1 aliphatic heterocycles. The van der Waals surface area contributed by atoms with Gasteiger partial charge in [0.1, 0.15) is 0 Å². The Labute approximate surface area is 104 Å². The molecular formula is C11H15FN4O2. The van der Waals surface area contributed by atoms with Crippen LogP contribution in [0.3, 0.4) is 0 Å². The van der Waals surface area contributed by atoms with E-state index in [-0.39, 0.29) is 24.0 Å². The number of halogens is 1. The molecule has 1 aromatic rings. The number of aliphatic hydroxyl groups excluding tert-OH is 1. The summed E-state index contributed by atoms with van der Waals surface area (Å²) < 4.78 is 13.9. The maximum absolute atomic E-state index is 13.9. The number of nitrogen functional groups attached to an aromatic ring is 1. The van der Waals surface area contributed by atoms with Crippen molar-refractivity contribution in [2.24, 2.45) is 5.84 Å². The first-order valence-electron chi connectivity index (χ1n) is 5.72. The first kappa shape index (κ1) is 12.7. The van der Waals surface area contributed by atoms with Crippen LogP contribution in [-0.4, -0.2) is 40.1 Å². The van der Waals surface area contributed by atoms with Crippen LogP contribution in [0.15, 0.2) is 12.3 Å². The normalized spacial score (nSPS) is 19.1. The summed E-state index contributed by atoms with van der Waals surface area (Å²) in [6.07, 6.45) is 2.86. The van der Waals surface area contributed by atoms with Crippen LogP contribution < -0.4 is 11.3 Å². The van der Waals surface area contributed by atoms with Gasteiger partial charge in [0.15, 0.2) is 11.6 Å². The number of anilines is 1. The van der Waals surface area contributed by atoms with Crippen molar-refractivity contribution in [3.05, 3.63) is 23.6 Å². The van der Waals surface area contributed by atoms with Crippen LogP contribution in [0.5, 0.6) is 0 Å². The number of aliphatic hydroxyl groups is 1. The van der Waals surface area contributed by atoms with Gasteiger partial charge in [-0.3, -0.25) is 4.79 Å². The molecule has 0 aliphatic carbocycles. The molecular weight excluding hydrogens is 239 g/mol. The largest absolute Gasteiger partial charge is 0.394 e. The lowest BCUT2D eigenvalue weighted by molar-refractivity contribution is 0.0673. The Morgan fingerprint density at radius 3 is 3.17 bits per heavy atom. The second-order valence-corrected chi connectivity index (χ2v) is 4.14. The van der Waals surface area contributed by atoms with Crippen molar-refractivity contribution >= 4 is 11.7 Å². The number of likely N-dealkylation sites (tertiary alicyclic amines) is 1. The van der Waals surface area contributed by atoms with Crippen LogP contribution in [0.1, 0.15) is 23.2 Å². The van der Waals surface area contributed by atoms with Crippen LogP contribution in [-0.2, 0) is 0 Å². The third-order valence-electron chi connectivity index (χ3n) is 3.11. The van der Waals surface area contributed by atoms with Gasteiger partial charge < -0.3 is 15.4 Å². The number of hydrogen-bond donors (Lipinski definition) is 3. The zero-order chi connectivity index (χ0) is 13.1. The summed E-state index contributed by atoms with van der Waals surface area (Å²) in [4.78, 5) is 17.3. The maximum Gasteiger partial charge on any atom is 0.257 e. The number of pyridine rings is 1. The van der Waals surface area contributed by atoms with Crippen molar-refractivity contribution in [3.63, 3.8) is 0 Å². The van der Waals surface area contributed by atoms with Crippen molar-refractivity contribution < 1.29 is 14.3 Å². The molecule has 0 aromatic carbocycles. The predicted molar refractivity (Wildman–Crippen MR) is 63.1 cm³/mol. The van der Waals surface area contributed by atoms with E-state index in [9.17, 15) is 9.18 Å². The molecule has 2 heterocycles. The number of carbonyl (C=O) groups excluding carboxylic acids is 1. The number of amides is 1. The lowest BCUT2D eigenvalue weighted by Gasteiger charge is -2.23. The van der Waals surface area contributed by atoms with Crippen LogP contribution in [0.25, 0.3) is 0 Å². The first-order chi connectivity index (χ1) is 8.69. The highest BCUT2D eigenvalue weighted by molar-refractivity contribution is 5.95. The molecule has 1 saturated heterocycles. The predicted octanol–water partition coefficient (Wildman–Crippen LogP) is 0.103. The number of nitrogens with two attached hydrogens (primary N) is 1. The molecule has 1 atom stereocenters. The van der Waals surface area contributed by atoms with E-state index >= 15 is 0 Å². The molecule has 98 valence electrons. The average Bonchev–Trinajstić information content (AvgIpc) is 2.86. The van der Waals surface area contributed by atoms with Gasteiger partial charge in [0.25, 0.3) is 5.91 Å². The van der Waals surface area contributed by atoms with Crippen LogP contribution >= 0.6 is 0 Å². The van der Waals surface area contributed by atoms with E-state index in [0.29, 0.717) is 6.54 Å². The molecule has 1 aliphatic rings. The monoisotopic (exact) mass is 254 g/mol. The minimum absolute atomic E-state index is 0.0849. The van der Waals surface area contributed by atoms with E-state index in [1.807, 2.05) is 0 Å². The van der Waals surface area contributed by atoms with E-state index in [2.05, 4.69) is 10.4 Å². The molecule has 1 aromatic heterocycles. The van der Waals surface area contributed by atoms with Crippen LogP contribution in [0, 0.1) is 5.82 Å². The summed E-state index contributed by atoms with van der Waals surface area (Å²) in [6, 6.07) is 1.07. The second-order valence-electron chi connectivity index (χ2n) is 4.14. The molecule has 0 spiro atoms. The summed E-state index contributed by atoms with van der Waals surface area (Å²) in [5.74, 6) is 3.73. The maximum atomic E-state index is 13.9. The number of nitrogens with one attached hydrogen (secondary N) is 1. The molecule has 18 heavy (non-hydrogen) atoms. The van der Waals surface area contributed by atoms with Crippen molar-refractivity contribution in [2.45, 2.75) is 18.9 Å². The van der Waals surface area contributed by atoms with E-state index in [1.54, 1.807) is 0 Å². The van der Waals surface area contributed by atoms with Gasteiger partial charge in [0.05, 0.1) is 18.2 Å². The lowest BCUT2D eigenvalue weighted by Crippen LogP contribution is -2.38. The van der Waals surface area contributed by atoms with Gasteiger partial charge in [-0.1, -0.05) is 0 Å². The summed E-state index contributed by atoms with van der Waals surface area (Å²) in [5, 5.41) is 9.17. The molecule has 0 bridgehead atoms. The Bertz CT molecular complexity index is 455. The minimum Gasteiger partial charge on any atom is -0.394 e. The van der Waals surface area contributed by atoms with Gasteiger partial charge in [0, 0.05) is 12.7 Å². The number of rotatable bonds is 3. The lowest BCUT2D eigenvalue weighted by atomic mass is 10.2. The smallest absolute Gasteiger partial charge is 0.257 e. The molecule has 0 radical (unpaired) electrons. The summed E-state index contributed by atoms with van der Waals surface area (Å²) in [5.41, 5.74) is 2.02. The van der Waals surface area contributed by atoms with Crippen molar-refractivity contribution in [1.29, 1.82) is 0 Å². The fourth-order valence-electron chi connectivity index (χ4n) is 2.16. The molecule has 6 nitrogen and oxygen atoms in total. The zero-order valence-electron chi connectivity index (χ0n) is 9.77. The first-order valence-corrected chi connectivity index (χ1v) is 5.72. The van der Waals surface area contributed by atoms with Gasteiger partial charge in [-0.05, 0) is 18.9 Å². The Kier molecular flexibility index (Phi) is 3.73. The van der Waals surface area contributed by atoms with Crippen molar-refractivity contribution in [1.82, 2.24) is 9.88 Å². The van der Waals surface area contributed by atoms with E-state index in [0.717, 1.165) is 12.8 Å². The summed E-state index contributed by atoms with van der Waals surface area (Å²) in [7, 11) is 0. The highest BCUT2D eigenvalue weighted by Gasteiger charge is 2.30. The van der Waals surface area contributed by atoms with E-state index in [4.69, 9.17) is 10.9 Å². The quantitative estimate of drug-likeness (QED) is 0.526. The third kappa shape index (κ3) is 2.14. The number of aromatic nitrogens is 1. The molecule has 1 fully saturated rings. The zero-order valence-corrected chi connectivity index (χ0v) is 9.77. The Balaban J connectivity index is 2.28. The fourth-order valence-corrected chi connectivity index (χ4v) is 2.16. The van der Waals surface area contributed by atoms with Crippen LogP contribution in [0.4, 0.5) is 10.2 Å². The highest BCUT2D eigenvalue weighted by atomic mass is 19.1.